The van der Waals surface area contributed by atoms with Crippen LogP contribution in [0.2, 0.25) is 0 Å². The minimum atomic E-state index is -0.309. The van der Waals surface area contributed by atoms with Gasteiger partial charge >= 0.3 is 17.9 Å². The summed E-state index contributed by atoms with van der Waals surface area (Å²) in [6.45, 7) is 6.10. The second-order valence-electron chi connectivity index (χ2n) is 13.3. The van der Waals surface area contributed by atoms with Crippen LogP contribution in [0, 0.1) is 11.8 Å². The Bertz CT molecular complexity index is 771. The lowest BCUT2D eigenvalue weighted by Crippen LogP contribution is -2.34. The van der Waals surface area contributed by atoms with E-state index >= 15 is 0 Å². The Morgan fingerprint density at radius 1 is 0.644 bits per heavy atom. The number of esters is 3. The molecule has 0 bridgehead atoms. The average molecular weight is 634 g/mol. The molecule has 45 heavy (non-hydrogen) atoms. The van der Waals surface area contributed by atoms with Gasteiger partial charge in [-0.15, -0.1) is 0 Å². The van der Waals surface area contributed by atoms with Crippen molar-refractivity contribution in [3.05, 3.63) is 24.3 Å². The van der Waals surface area contributed by atoms with Gasteiger partial charge in [0.15, 0.2) is 0 Å². The summed E-state index contributed by atoms with van der Waals surface area (Å²) in [7, 11) is 4.16. The molecule has 0 atom stereocenters. The Morgan fingerprint density at radius 3 is 1.60 bits per heavy atom. The molecular weight excluding hydrogens is 566 g/mol. The highest BCUT2D eigenvalue weighted by atomic mass is 16.5. The van der Waals surface area contributed by atoms with Crippen LogP contribution in [0.3, 0.4) is 0 Å². The quantitative estimate of drug-likeness (QED) is 0.0352. The Labute approximate surface area is 275 Å². The number of carbonyl (C=O) groups excluding carboxylic acids is 3. The van der Waals surface area contributed by atoms with E-state index in [2.05, 4.69) is 45.0 Å². The lowest BCUT2D eigenvalue weighted by Gasteiger charge is -2.36. The van der Waals surface area contributed by atoms with E-state index in [9.17, 15) is 14.4 Å². The fourth-order valence-electron chi connectivity index (χ4n) is 5.92. The van der Waals surface area contributed by atoms with Crippen molar-refractivity contribution in [3.8, 4) is 0 Å². The highest BCUT2D eigenvalue weighted by molar-refractivity contribution is 5.70. The average Bonchev–Trinajstić information content (AvgIpc) is 2.98. The molecule has 0 aromatic rings. The van der Waals surface area contributed by atoms with E-state index in [0.717, 1.165) is 32.2 Å². The largest absolute Gasteiger partial charge is 0.462 e. The topological polar surface area (TPSA) is 82.1 Å². The standard InChI is InChI=1S/C38H67NO6/c1-5-7-9-11-13-15-17-19-27-43-36(40)25-21-23-35(45-38(42)31-33-29-34(30-33)32-39(3)4)24-22-26-37(41)44-28-20-18-16-14-12-10-8-6-2/h17-20,33-35H,5-16,21-32H2,1-4H3/b19-17-,20-18-. The summed E-state index contributed by atoms with van der Waals surface area (Å²) in [6, 6.07) is 0. The number of nitrogens with zero attached hydrogens (tertiary/aromatic N) is 1. The first-order valence-electron chi connectivity index (χ1n) is 18.3. The predicted octanol–water partition coefficient (Wildman–Crippen LogP) is 9.14. The van der Waals surface area contributed by atoms with Gasteiger partial charge in [-0.05, 0) is 90.1 Å². The third-order valence-corrected chi connectivity index (χ3v) is 8.49. The van der Waals surface area contributed by atoms with Crippen LogP contribution in [0.1, 0.15) is 149 Å². The van der Waals surface area contributed by atoms with Crippen molar-refractivity contribution in [3.63, 3.8) is 0 Å². The number of allylic oxidation sites excluding steroid dienone is 2. The van der Waals surface area contributed by atoms with Crippen LogP contribution >= 0.6 is 0 Å². The molecular formula is C38H67NO6. The third-order valence-electron chi connectivity index (χ3n) is 8.49. The fraction of sp³-hybridized carbons (Fsp3) is 0.816. The molecule has 1 saturated carbocycles. The van der Waals surface area contributed by atoms with Crippen molar-refractivity contribution in [2.24, 2.45) is 11.8 Å². The number of hydrogen-bond acceptors (Lipinski definition) is 7. The summed E-state index contributed by atoms with van der Waals surface area (Å²) in [5, 5.41) is 0. The Kier molecular flexibility index (Phi) is 25.5. The minimum Gasteiger partial charge on any atom is -0.462 e. The molecule has 0 heterocycles. The molecule has 0 radical (unpaired) electrons. The highest BCUT2D eigenvalue weighted by Gasteiger charge is 2.32. The van der Waals surface area contributed by atoms with Gasteiger partial charge in [-0.25, -0.2) is 0 Å². The zero-order valence-corrected chi connectivity index (χ0v) is 29.4. The number of unbranched alkanes of at least 4 members (excludes halogenated alkanes) is 10. The lowest BCUT2D eigenvalue weighted by molar-refractivity contribution is -0.152. The number of rotatable bonds is 29. The zero-order chi connectivity index (χ0) is 33.0. The number of carbonyl (C=O) groups is 3. The molecule has 0 amide bonds. The molecule has 1 aliphatic rings. The molecule has 0 aromatic heterocycles. The van der Waals surface area contributed by atoms with Gasteiger partial charge < -0.3 is 19.1 Å². The zero-order valence-electron chi connectivity index (χ0n) is 29.4. The van der Waals surface area contributed by atoms with Crippen LogP contribution < -0.4 is 0 Å². The van der Waals surface area contributed by atoms with Crippen molar-refractivity contribution < 1.29 is 28.6 Å². The highest BCUT2D eigenvalue weighted by Crippen LogP contribution is 2.36. The molecule has 0 spiro atoms. The Morgan fingerprint density at radius 2 is 1.13 bits per heavy atom. The van der Waals surface area contributed by atoms with Crippen molar-refractivity contribution >= 4 is 17.9 Å². The predicted molar refractivity (Wildman–Crippen MR) is 184 cm³/mol. The van der Waals surface area contributed by atoms with E-state index in [1.807, 2.05) is 12.2 Å². The number of hydrogen-bond donors (Lipinski definition) is 0. The summed E-state index contributed by atoms with van der Waals surface area (Å²) in [5.41, 5.74) is 0. The molecule has 1 fully saturated rings. The van der Waals surface area contributed by atoms with Crippen molar-refractivity contribution in [2.75, 3.05) is 33.9 Å². The first-order valence-corrected chi connectivity index (χ1v) is 18.3. The summed E-state index contributed by atoms with van der Waals surface area (Å²) in [4.78, 5) is 39.4. The summed E-state index contributed by atoms with van der Waals surface area (Å²) >= 11 is 0. The molecule has 1 rings (SSSR count). The van der Waals surface area contributed by atoms with Gasteiger partial charge in [-0.2, -0.15) is 0 Å². The van der Waals surface area contributed by atoms with Crippen LogP contribution in [0.4, 0.5) is 0 Å². The lowest BCUT2D eigenvalue weighted by atomic mass is 9.73. The van der Waals surface area contributed by atoms with E-state index in [0.29, 0.717) is 70.0 Å². The Hall–Kier alpha value is -2.15. The maximum Gasteiger partial charge on any atom is 0.306 e. The van der Waals surface area contributed by atoms with Gasteiger partial charge in [-0.1, -0.05) is 89.5 Å². The van der Waals surface area contributed by atoms with Gasteiger partial charge in [0.05, 0.1) is 0 Å². The molecule has 260 valence electrons. The van der Waals surface area contributed by atoms with Crippen LogP contribution in [-0.2, 0) is 28.6 Å². The van der Waals surface area contributed by atoms with Crippen molar-refractivity contribution in [1.82, 2.24) is 4.90 Å². The Balaban J connectivity index is 2.35. The molecule has 0 saturated heterocycles. The van der Waals surface area contributed by atoms with E-state index in [1.165, 1.54) is 64.2 Å². The van der Waals surface area contributed by atoms with Crippen LogP contribution in [0.25, 0.3) is 0 Å². The van der Waals surface area contributed by atoms with Crippen LogP contribution in [-0.4, -0.2) is 62.8 Å². The molecule has 0 unspecified atom stereocenters. The molecule has 7 heteroatoms. The minimum absolute atomic E-state index is 0.168. The SMILES string of the molecule is CCCCCCC/C=C\COC(=O)CCCC(CCCC(=O)OC/C=C\CCCCCCC)OC(=O)CC1CC(CN(C)C)C1. The van der Waals surface area contributed by atoms with E-state index in [4.69, 9.17) is 14.2 Å². The molecule has 7 nitrogen and oxygen atoms in total. The molecule has 1 aliphatic carbocycles. The number of ether oxygens (including phenoxy) is 3. The third kappa shape index (κ3) is 24.7. The van der Waals surface area contributed by atoms with Gasteiger partial charge in [0.2, 0.25) is 0 Å². The van der Waals surface area contributed by atoms with E-state index < -0.39 is 0 Å². The second-order valence-corrected chi connectivity index (χ2v) is 13.3. The van der Waals surface area contributed by atoms with Gasteiger partial charge in [0.1, 0.15) is 19.3 Å². The molecule has 0 N–H and O–H groups in total. The maximum atomic E-state index is 12.8. The molecule has 0 aromatic carbocycles. The van der Waals surface area contributed by atoms with Crippen molar-refractivity contribution in [2.45, 2.75) is 155 Å². The van der Waals surface area contributed by atoms with Crippen LogP contribution in [0.5, 0.6) is 0 Å². The van der Waals surface area contributed by atoms with E-state index in [-0.39, 0.29) is 24.0 Å². The van der Waals surface area contributed by atoms with Gasteiger partial charge in [-0.3, -0.25) is 14.4 Å². The van der Waals surface area contributed by atoms with Crippen LogP contribution in [0.15, 0.2) is 24.3 Å². The first kappa shape index (κ1) is 40.9. The maximum absolute atomic E-state index is 12.8. The first-order chi connectivity index (χ1) is 21.8. The summed E-state index contributed by atoms with van der Waals surface area (Å²) < 4.78 is 16.6. The molecule has 0 aliphatic heterocycles. The van der Waals surface area contributed by atoms with Gasteiger partial charge in [0.25, 0.3) is 0 Å². The van der Waals surface area contributed by atoms with Gasteiger partial charge in [0, 0.05) is 25.8 Å². The van der Waals surface area contributed by atoms with Crippen molar-refractivity contribution in [1.29, 1.82) is 0 Å². The smallest absolute Gasteiger partial charge is 0.306 e. The monoisotopic (exact) mass is 633 g/mol. The normalized spacial score (nSPS) is 16.5. The van der Waals surface area contributed by atoms with E-state index in [1.54, 1.807) is 0 Å². The fourth-order valence-corrected chi connectivity index (χ4v) is 5.92. The second kappa shape index (κ2) is 28.1. The summed E-state index contributed by atoms with van der Waals surface area (Å²) in [6.07, 6.45) is 27.8. The summed E-state index contributed by atoms with van der Waals surface area (Å²) in [5.74, 6) is 0.421.